The standard InChI is InChI=1S/C24H32O5/c1-2-3-4-5-6-8-11-14-19(25)15-12-9-7-10-13-16-21(27)24-22(28)17-20(26)18-23(24)29/h3-4,6,8-9,11-12,14,17-19,25-26,28-29H,2,5,7,10,13,15-16H2,1H3/b4-3-,8-6-,12-9-,14-11+/t19-/m0/s1. The molecule has 1 atom stereocenters. The fraction of sp³-hybridized carbons (Fsp3) is 0.375. The summed E-state index contributed by atoms with van der Waals surface area (Å²) in [5.74, 6) is -1.48. The molecule has 0 unspecified atom stereocenters. The molecule has 1 aromatic carbocycles. The molecular weight excluding hydrogens is 368 g/mol. The van der Waals surface area contributed by atoms with Gasteiger partial charge in [-0.1, -0.05) is 55.5 Å². The van der Waals surface area contributed by atoms with E-state index in [4.69, 9.17) is 0 Å². The predicted molar refractivity (Wildman–Crippen MR) is 116 cm³/mol. The normalized spacial score (nSPS) is 13.3. The Morgan fingerprint density at radius 2 is 1.69 bits per heavy atom. The maximum Gasteiger partial charge on any atom is 0.170 e. The van der Waals surface area contributed by atoms with E-state index in [0.717, 1.165) is 37.8 Å². The Hall–Kier alpha value is -2.79. The summed E-state index contributed by atoms with van der Waals surface area (Å²) < 4.78 is 0. The first-order chi connectivity index (χ1) is 14.0. The highest BCUT2D eigenvalue weighted by molar-refractivity contribution is 6.01. The Bertz CT molecular complexity index is 721. The third-order valence-corrected chi connectivity index (χ3v) is 4.18. The number of rotatable bonds is 13. The lowest BCUT2D eigenvalue weighted by Crippen LogP contribution is -2.00. The van der Waals surface area contributed by atoms with E-state index >= 15 is 0 Å². The molecule has 0 heterocycles. The van der Waals surface area contributed by atoms with Gasteiger partial charge in [0.2, 0.25) is 0 Å². The number of allylic oxidation sites excluding steroid dienone is 6. The Kier molecular flexibility index (Phi) is 11.9. The van der Waals surface area contributed by atoms with E-state index < -0.39 is 17.6 Å². The number of carbonyl (C=O) groups excluding carboxylic acids is 1. The molecule has 5 heteroatoms. The van der Waals surface area contributed by atoms with Gasteiger partial charge in [-0.3, -0.25) is 4.79 Å². The molecule has 0 aromatic heterocycles. The third-order valence-electron chi connectivity index (χ3n) is 4.18. The number of ketones is 1. The minimum absolute atomic E-state index is 0.149. The molecular formula is C24H32O5. The van der Waals surface area contributed by atoms with Gasteiger partial charge in [-0.2, -0.15) is 0 Å². The maximum atomic E-state index is 12.1. The van der Waals surface area contributed by atoms with Crippen LogP contribution in [0.4, 0.5) is 0 Å². The molecule has 1 rings (SSSR count). The SMILES string of the molecule is CC/C=C\C/C=C\C=C\[C@H](O)C/C=C\CCCCC(=O)c1c(O)cc(O)cc1O. The summed E-state index contributed by atoms with van der Waals surface area (Å²) >= 11 is 0. The number of unbranched alkanes of at least 4 members (excludes halogenated alkanes) is 2. The summed E-state index contributed by atoms with van der Waals surface area (Å²) in [6, 6.07) is 2.07. The Balaban J connectivity index is 2.22. The van der Waals surface area contributed by atoms with E-state index in [-0.39, 0.29) is 23.5 Å². The summed E-state index contributed by atoms with van der Waals surface area (Å²) in [5, 5.41) is 38.5. The molecule has 5 nitrogen and oxygen atoms in total. The number of phenolic OH excluding ortho intramolecular Hbond substituents is 3. The number of aromatic hydroxyl groups is 3. The van der Waals surface area contributed by atoms with Crippen molar-refractivity contribution < 1.29 is 25.2 Å². The minimum Gasteiger partial charge on any atom is -0.508 e. The molecule has 0 spiro atoms. The molecule has 4 N–H and O–H groups in total. The van der Waals surface area contributed by atoms with Gasteiger partial charge in [0.1, 0.15) is 22.8 Å². The quantitative estimate of drug-likeness (QED) is 0.155. The van der Waals surface area contributed by atoms with Crippen LogP contribution in [-0.2, 0) is 0 Å². The molecule has 0 radical (unpaired) electrons. The van der Waals surface area contributed by atoms with Crippen LogP contribution in [0.2, 0.25) is 0 Å². The highest BCUT2D eigenvalue weighted by atomic mass is 16.3. The molecule has 0 aliphatic carbocycles. The van der Waals surface area contributed by atoms with Gasteiger partial charge in [0, 0.05) is 18.6 Å². The van der Waals surface area contributed by atoms with E-state index in [2.05, 4.69) is 19.1 Å². The zero-order valence-corrected chi connectivity index (χ0v) is 17.0. The Labute approximate surface area is 173 Å². The van der Waals surface area contributed by atoms with Crippen LogP contribution in [-0.4, -0.2) is 32.3 Å². The van der Waals surface area contributed by atoms with Crippen molar-refractivity contribution in [2.75, 3.05) is 0 Å². The number of carbonyl (C=O) groups is 1. The van der Waals surface area contributed by atoms with Crippen molar-refractivity contribution in [2.45, 2.75) is 58.0 Å². The van der Waals surface area contributed by atoms with E-state index in [1.807, 2.05) is 30.4 Å². The molecule has 0 fully saturated rings. The molecule has 0 aliphatic heterocycles. The third kappa shape index (κ3) is 10.4. The van der Waals surface area contributed by atoms with Crippen LogP contribution in [0.3, 0.4) is 0 Å². The van der Waals surface area contributed by atoms with Gasteiger partial charge in [-0.05, 0) is 38.5 Å². The van der Waals surface area contributed by atoms with Gasteiger partial charge < -0.3 is 20.4 Å². The van der Waals surface area contributed by atoms with Crippen molar-refractivity contribution in [2.24, 2.45) is 0 Å². The van der Waals surface area contributed by atoms with Crippen molar-refractivity contribution in [1.82, 2.24) is 0 Å². The maximum absolute atomic E-state index is 12.1. The molecule has 0 bridgehead atoms. The topological polar surface area (TPSA) is 98.0 Å². The van der Waals surface area contributed by atoms with Crippen molar-refractivity contribution >= 4 is 5.78 Å². The second kappa shape index (κ2) is 14.2. The molecule has 0 amide bonds. The van der Waals surface area contributed by atoms with Crippen molar-refractivity contribution in [3.05, 3.63) is 66.3 Å². The van der Waals surface area contributed by atoms with Gasteiger partial charge in [-0.25, -0.2) is 0 Å². The number of phenols is 3. The monoisotopic (exact) mass is 400 g/mol. The molecule has 1 aromatic rings. The second-order valence-electron chi connectivity index (χ2n) is 6.73. The largest absolute Gasteiger partial charge is 0.508 e. The number of benzene rings is 1. The van der Waals surface area contributed by atoms with Gasteiger partial charge in [0.25, 0.3) is 0 Å². The van der Waals surface area contributed by atoms with Crippen LogP contribution in [0, 0.1) is 0 Å². The number of Topliss-reactive ketones (excluding diaryl/α,β-unsaturated/α-hetero) is 1. The smallest absolute Gasteiger partial charge is 0.170 e. The average molecular weight is 401 g/mol. The summed E-state index contributed by atoms with van der Waals surface area (Å²) in [6.45, 7) is 2.10. The summed E-state index contributed by atoms with van der Waals surface area (Å²) in [4.78, 5) is 12.1. The number of hydrogen-bond acceptors (Lipinski definition) is 5. The van der Waals surface area contributed by atoms with Gasteiger partial charge >= 0.3 is 0 Å². The van der Waals surface area contributed by atoms with Crippen LogP contribution in [0.25, 0.3) is 0 Å². The number of aliphatic hydroxyl groups excluding tert-OH is 1. The van der Waals surface area contributed by atoms with Crippen molar-refractivity contribution in [1.29, 1.82) is 0 Å². The highest BCUT2D eigenvalue weighted by Crippen LogP contribution is 2.33. The molecule has 0 saturated heterocycles. The van der Waals surface area contributed by atoms with Crippen LogP contribution in [0.15, 0.2) is 60.7 Å². The zero-order valence-electron chi connectivity index (χ0n) is 17.0. The van der Waals surface area contributed by atoms with Crippen LogP contribution in [0.1, 0.15) is 62.2 Å². The van der Waals surface area contributed by atoms with Gasteiger partial charge in [-0.15, -0.1) is 0 Å². The fourth-order valence-corrected chi connectivity index (χ4v) is 2.68. The Morgan fingerprint density at radius 1 is 0.966 bits per heavy atom. The lowest BCUT2D eigenvalue weighted by atomic mass is 10.0. The summed E-state index contributed by atoms with van der Waals surface area (Å²) in [5.41, 5.74) is -0.149. The molecule has 0 aliphatic rings. The van der Waals surface area contributed by atoms with Crippen LogP contribution < -0.4 is 0 Å². The molecule has 29 heavy (non-hydrogen) atoms. The summed E-state index contributed by atoms with van der Waals surface area (Å²) in [6.07, 6.45) is 20.0. The van der Waals surface area contributed by atoms with Crippen molar-refractivity contribution in [3.8, 4) is 17.2 Å². The number of aliphatic hydroxyl groups is 1. The molecule has 158 valence electrons. The lowest BCUT2D eigenvalue weighted by molar-refractivity contribution is 0.0974. The van der Waals surface area contributed by atoms with E-state index in [9.17, 15) is 25.2 Å². The highest BCUT2D eigenvalue weighted by Gasteiger charge is 2.17. The van der Waals surface area contributed by atoms with Crippen molar-refractivity contribution in [3.63, 3.8) is 0 Å². The van der Waals surface area contributed by atoms with Gasteiger partial charge in [0.15, 0.2) is 5.78 Å². The van der Waals surface area contributed by atoms with E-state index in [1.54, 1.807) is 6.08 Å². The fourth-order valence-electron chi connectivity index (χ4n) is 2.68. The zero-order chi connectivity index (χ0) is 21.5. The van der Waals surface area contributed by atoms with Crippen LogP contribution >= 0.6 is 0 Å². The first kappa shape index (κ1) is 24.2. The van der Waals surface area contributed by atoms with Crippen LogP contribution in [0.5, 0.6) is 17.2 Å². The Morgan fingerprint density at radius 3 is 2.38 bits per heavy atom. The predicted octanol–water partition coefficient (Wildman–Crippen LogP) is 5.32. The summed E-state index contributed by atoms with van der Waals surface area (Å²) in [7, 11) is 0. The first-order valence-electron chi connectivity index (χ1n) is 10.0. The molecule has 0 saturated carbocycles. The number of hydrogen-bond donors (Lipinski definition) is 4. The van der Waals surface area contributed by atoms with E-state index in [0.29, 0.717) is 12.8 Å². The lowest BCUT2D eigenvalue weighted by Gasteiger charge is -2.07. The average Bonchev–Trinajstić information content (AvgIpc) is 2.65. The minimum atomic E-state index is -0.524. The van der Waals surface area contributed by atoms with E-state index in [1.165, 1.54) is 0 Å². The second-order valence-corrected chi connectivity index (χ2v) is 6.73. The van der Waals surface area contributed by atoms with Gasteiger partial charge in [0.05, 0.1) is 6.10 Å². The first-order valence-corrected chi connectivity index (χ1v) is 10.0.